The Morgan fingerprint density at radius 3 is 2.46 bits per heavy atom. The number of nitrogens with one attached hydrogen (secondary N) is 1. The number of aryl methyl sites for hydroxylation is 1. The molecule has 2 heterocycles. The van der Waals surface area contributed by atoms with Crippen LogP contribution in [0, 0.1) is 6.92 Å². The van der Waals surface area contributed by atoms with Gasteiger partial charge in [0.05, 0.1) is 11.3 Å². The number of aromatic nitrogens is 2. The Morgan fingerprint density at radius 2 is 1.83 bits per heavy atom. The third kappa shape index (κ3) is 2.96. The van der Waals surface area contributed by atoms with Crippen LogP contribution in [0.5, 0.6) is 5.75 Å². The second-order valence-corrected chi connectivity index (χ2v) is 6.07. The molecule has 4 heteroatoms. The molecular weight excluding hydrogens is 300 g/mol. The van der Waals surface area contributed by atoms with Crippen LogP contribution in [-0.2, 0) is 7.05 Å². The van der Waals surface area contributed by atoms with Crippen molar-refractivity contribution in [2.45, 2.75) is 40.5 Å². The number of nitrogens with zero attached hydrogens (tertiary/aromatic N) is 1. The van der Waals surface area contributed by atoms with Crippen LogP contribution in [0.15, 0.2) is 35.3 Å². The Kier molecular flexibility index (Phi) is 5.17. The van der Waals surface area contributed by atoms with Gasteiger partial charge in [0.2, 0.25) is 0 Å². The minimum atomic E-state index is -0.245. The van der Waals surface area contributed by atoms with E-state index < -0.39 is 0 Å². The number of benzene rings is 1. The van der Waals surface area contributed by atoms with E-state index >= 15 is 0 Å². The number of H-pyrrole nitrogens is 1. The molecule has 2 N–H and O–H groups in total. The molecule has 3 aromatic rings. The van der Waals surface area contributed by atoms with Gasteiger partial charge < -0.3 is 14.7 Å². The lowest BCUT2D eigenvalue weighted by molar-refractivity contribution is 0.459. The minimum absolute atomic E-state index is 0.0990. The van der Waals surface area contributed by atoms with E-state index in [0.717, 1.165) is 22.0 Å². The highest BCUT2D eigenvalue weighted by Gasteiger charge is 2.18. The average Bonchev–Trinajstić information content (AvgIpc) is 2.94. The van der Waals surface area contributed by atoms with E-state index in [2.05, 4.69) is 9.55 Å². The zero-order valence-electron chi connectivity index (χ0n) is 15.3. The summed E-state index contributed by atoms with van der Waals surface area (Å²) in [5.41, 5.74) is 3.66. The second-order valence-electron chi connectivity index (χ2n) is 6.07. The van der Waals surface area contributed by atoms with E-state index in [-0.39, 0.29) is 17.2 Å². The summed E-state index contributed by atoms with van der Waals surface area (Å²) in [4.78, 5) is 15.0. The van der Waals surface area contributed by atoms with Crippen molar-refractivity contribution in [3.63, 3.8) is 0 Å². The molecule has 1 aromatic carbocycles. The fourth-order valence-electron chi connectivity index (χ4n) is 2.93. The highest BCUT2D eigenvalue weighted by Crippen LogP contribution is 2.35. The summed E-state index contributed by atoms with van der Waals surface area (Å²) in [6.07, 6.45) is 2.01. The maximum absolute atomic E-state index is 12.1. The standard InChI is InChI=1S/C18H20N2O2.C2H6/c1-10(2)15-16(19-18(22)11(3)17(15)21)13-5-6-14-12(9-13)7-8-20(14)4;1-2/h5-10H,1-4H3,(H2,19,21,22);1-2H3. The molecule has 0 unspecified atom stereocenters. The van der Waals surface area contributed by atoms with Gasteiger partial charge >= 0.3 is 0 Å². The molecule has 0 aliphatic carbocycles. The molecule has 0 bridgehead atoms. The van der Waals surface area contributed by atoms with E-state index in [1.165, 1.54) is 0 Å². The zero-order chi connectivity index (χ0) is 18.0. The number of hydrogen-bond acceptors (Lipinski definition) is 2. The molecule has 0 radical (unpaired) electrons. The van der Waals surface area contributed by atoms with Crippen LogP contribution in [-0.4, -0.2) is 14.7 Å². The van der Waals surface area contributed by atoms with Crippen LogP contribution in [0.1, 0.15) is 44.7 Å². The van der Waals surface area contributed by atoms with Gasteiger partial charge in [-0.3, -0.25) is 4.79 Å². The molecule has 4 nitrogen and oxygen atoms in total. The Hall–Kier alpha value is -2.49. The monoisotopic (exact) mass is 326 g/mol. The molecule has 0 spiro atoms. The van der Waals surface area contributed by atoms with Gasteiger partial charge in [-0.1, -0.05) is 33.8 Å². The van der Waals surface area contributed by atoms with Crippen molar-refractivity contribution >= 4 is 10.9 Å². The average molecular weight is 326 g/mol. The van der Waals surface area contributed by atoms with Crippen molar-refractivity contribution in [2.75, 3.05) is 0 Å². The maximum Gasteiger partial charge on any atom is 0.255 e. The van der Waals surface area contributed by atoms with Crippen molar-refractivity contribution in [3.05, 3.63) is 51.9 Å². The molecule has 0 atom stereocenters. The fraction of sp³-hybridized carbons (Fsp3) is 0.350. The third-order valence-electron chi connectivity index (χ3n) is 4.21. The summed E-state index contributed by atoms with van der Waals surface area (Å²) in [5, 5.41) is 11.5. The number of fused-ring (bicyclic) bond motifs is 1. The van der Waals surface area contributed by atoms with Gasteiger partial charge in [-0.05, 0) is 36.6 Å². The Labute approximate surface area is 142 Å². The number of pyridine rings is 1. The molecule has 0 aliphatic rings. The lowest BCUT2D eigenvalue weighted by Crippen LogP contribution is -2.14. The molecule has 24 heavy (non-hydrogen) atoms. The predicted molar refractivity (Wildman–Crippen MR) is 101 cm³/mol. The van der Waals surface area contributed by atoms with E-state index in [1.54, 1.807) is 6.92 Å². The van der Waals surface area contributed by atoms with Crippen molar-refractivity contribution in [1.82, 2.24) is 9.55 Å². The normalized spacial score (nSPS) is 10.8. The molecule has 128 valence electrons. The zero-order valence-corrected chi connectivity index (χ0v) is 15.3. The van der Waals surface area contributed by atoms with Crippen LogP contribution in [0.3, 0.4) is 0 Å². The first kappa shape index (κ1) is 17.9. The lowest BCUT2D eigenvalue weighted by atomic mass is 9.94. The summed E-state index contributed by atoms with van der Waals surface area (Å²) in [6.45, 7) is 9.67. The summed E-state index contributed by atoms with van der Waals surface area (Å²) >= 11 is 0. The third-order valence-corrected chi connectivity index (χ3v) is 4.21. The number of aromatic hydroxyl groups is 1. The van der Waals surface area contributed by atoms with Gasteiger partial charge in [-0.2, -0.15) is 0 Å². The smallest absolute Gasteiger partial charge is 0.255 e. The van der Waals surface area contributed by atoms with Crippen LogP contribution in [0.25, 0.3) is 22.2 Å². The Balaban J connectivity index is 0.00000100. The highest BCUT2D eigenvalue weighted by atomic mass is 16.3. The Bertz CT molecular complexity index is 917. The van der Waals surface area contributed by atoms with Crippen molar-refractivity contribution in [2.24, 2.45) is 7.05 Å². The first-order valence-electron chi connectivity index (χ1n) is 8.41. The summed E-state index contributed by atoms with van der Waals surface area (Å²) in [7, 11) is 2.00. The topological polar surface area (TPSA) is 58.0 Å². The lowest BCUT2D eigenvalue weighted by Gasteiger charge is -2.16. The van der Waals surface area contributed by atoms with E-state index in [0.29, 0.717) is 11.3 Å². The van der Waals surface area contributed by atoms with Crippen LogP contribution in [0.2, 0.25) is 0 Å². The van der Waals surface area contributed by atoms with Gasteiger partial charge in [-0.25, -0.2) is 0 Å². The number of rotatable bonds is 2. The molecule has 0 saturated heterocycles. The molecular formula is C20H26N2O2. The van der Waals surface area contributed by atoms with E-state index in [4.69, 9.17) is 0 Å². The fourth-order valence-corrected chi connectivity index (χ4v) is 2.93. The summed E-state index contributed by atoms with van der Waals surface area (Å²) in [5.74, 6) is 0.207. The van der Waals surface area contributed by atoms with E-state index in [9.17, 15) is 9.90 Å². The highest BCUT2D eigenvalue weighted by molar-refractivity contribution is 5.86. The van der Waals surface area contributed by atoms with Crippen LogP contribution in [0.4, 0.5) is 0 Å². The first-order valence-corrected chi connectivity index (χ1v) is 8.41. The maximum atomic E-state index is 12.1. The SMILES string of the molecule is CC.Cc1c(O)c(C(C)C)c(-c2ccc3c(ccn3C)c2)[nH]c1=O. The van der Waals surface area contributed by atoms with Gasteiger partial charge in [0, 0.05) is 29.7 Å². The van der Waals surface area contributed by atoms with Crippen LogP contribution < -0.4 is 5.56 Å². The van der Waals surface area contributed by atoms with E-state index in [1.807, 2.05) is 65.2 Å². The number of hydrogen-bond donors (Lipinski definition) is 2. The van der Waals surface area contributed by atoms with Crippen LogP contribution >= 0.6 is 0 Å². The predicted octanol–water partition coefficient (Wildman–Crippen LogP) is 4.70. The van der Waals surface area contributed by atoms with Crippen molar-refractivity contribution in [1.29, 1.82) is 0 Å². The summed E-state index contributed by atoms with van der Waals surface area (Å²) in [6, 6.07) is 8.10. The van der Waals surface area contributed by atoms with Gasteiger partial charge in [0.1, 0.15) is 5.75 Å². The molecule has 3 rings (SSSR count). The molecule has 0 amide bonds. The quantitative estimate of drug-likeness (QED) is 0.717. The van der Waals surface area contributed by atoms with Gasteiger partial charge in [-0.15, -0.1) is 0 Å². The van der Waals surface area contributed by atoms with Crippen molar-refractivity contribution in [3.8, 4) is 17.0 Å². The Morgan fingerprint density at radius 1 is 1.17 bits per heavy atom. The van der Waals surface area contributed by atoms with Gasteiger partial charge in [0.15, 0.2) is 0 Å². The minimum Gasteiger partial charge on any atom is -0.507 e. The molecule has 0 aliphatic heterocycles. The largest absolute Gasteiger partial charge is 0.507 e. The molecule has 0 fully saturated rings. The van der Waals surface area contributed by atoms with Gasteiger partial charge in [0.25, 0.3) is 5.56 Å². The molecule has 0 saturated carbocycles. The second kappa shape index (κ2) is 6.95. The first-order chi connectivity index (χ1) is 11.4. The summed E-state index contributed by atoms with van der Waals surface area (Å²) < 4.78 is 2.05. The van der Waals surface area contributed by atoms with Crippen molar-refractivity contribution < 1.29 is 5.11 Å². The number of aromatic amines is 1. The molecule has 2 aromatic heterocycles.